The van der Waals surface area contributed by atoms with Gasteiger partial charge in [-0.3, -0.25) is 4.79 Å². The number of sulfone groups is 1. The standard InChI is InChI=1S/C24H31N3O3S/c1-27(2)12-6-8-18-17-7-4-5-9-21(17)25-23(18)14-20-19-13-16(15-31(3,29)30)10-11-22(19)26-24(20)28/h10-11,13-14,25H,4-9,12,15H2,1-3H3,(H,26,28). The molecule has 4 rings (SSSR count). The number of nitrogens with zero attached hydrogens (tertiary/aromatic N) is 1. The normalized spacial score (nSPS) is 17.2. The van der Waals surface area contributed by atoms with Crippen LogP contribution in [-0.4, -0.2) is 51.1 Å². The number of amides is 1. The maximum atomic E-state index is 12.8. The van der Waals surface area contributed by atoms with Gasteiger partial charge < -0.3 is 15.2 Å². The fraction of sp³-hybridized carbons (Fsp3) is 0.458. The minimum Gasteiger partial charge on any atom is -0.358 e. The molecule has 0 unspecified atom stereocenters. The predicted molar refractivity (Wildman–Crippen MR) is 126 cm³/mol. The molecule has 6 nitrogen and oxygen atoms in total. The highest BCUT2D eigenvalue weighted by atomic mass is 32.2. The molecule has 1 aliphatic carbocycles. The highest BCUT2D eigenvalue weighted by Gasteiger charge is 2.26. The Balaban J connectivity index is 1.73. The molecule has 2 aliphatic rings. The second kappa shape index (κ2) is 8.63. The summed E-state index contributed by atoms with van der Waals surface area (Å²) in [7, 11) is 1.03. The van der Waals surface area contributed by atoms with Crippen molar-refractivity contribution in [2.24, 2.45) is 0 Å². The zero-order valence-electron chi connectivity index (χ0n) is 18.5. The van der Waals surface area contributed by atoms with Crippen LogP contribution >= 0.6 is 0 Å². The molecular formula is C24H31N3O3S. The second-order valence-corrected chi connectivity index (χ2v) is 11.2. The molecule has 7 heteroatoms. The molecule has 0 atom stereocenters. The minimum absolute atomic E-state index is 0.0334. The van der Waals surface area contributed by atoms with Crippen molar-refractivity contribution in [3.63, 3.8) is 0 Å². The van der Waals surface area contributed by atoms with Crippen molar-refractivity contribution in [2.45, 2.75) is 44.3 Å². The molecule has 166 valence electrons. The smallest absolute Gasteiger partial charge is 0.256 e. The van der Waals surface area contributed by atoms with E-state index in [1.807, 2.05) is 12.1 Å². The van der Waals surface area contributed by atoms with E-state index < -0.39 is 9.84 Å². The predicted octanol–water partition coefficient (Wildman–Crippen LogP) is 3.43. The summed E-state index contributed by atoms with van der Waals surface area (Å²) in [5.74, 6) is -0.174. The van der Waals surface area contributed by atoms with E-state index in [4.69, 9.17) is 0 Å². The fourth-order valence-corrected chi connectivity index (χ4v) is 5.46. The number of hydrogen-bond acceptors (Lipinski definition) is 4. The van der Waals surface area contributed by atoms with Gasteiger partial charge in [-0.2, -0.15) is 0 Å². The number of H-pyrrole nitrogens is 1. The molecule has 1 amide bonds. The number of fused-ring (bicyclic) bond motifs is 2. The first-order valence-electron chi connectivity index (χ1n) is 10.9. The van der Waals surface area contributed by atoms with Crippen LogP contribution in [0.1, 0.15) is 52.9 Å². The molecule has 1 aromatic heterocycles. The van der Waals surface area contributed by atoms with Gasteiger partial charge in [-0.05, 0) is 94.1 Å². The van der Waals surface area contributed by atoms with E-state index in [0.717, 1.165) is 49.2 Å². The van der Waals surface area contributed by atoms with Crippen LogP contribution in [0.4, 0.5) is 5.69 Å². The molecular weight excluding hydrogens is 410 g/mol. The Morgan fingerprint density at radius 3 is 2.68 bits per heavy atom. The molecule has 2 heterocycles. The van der Waals surface area contributed by atoms with Crippen molar-refractivity contribution in [1.82, 2.24) is 9.88 Å². The average molecular weight is 442 g/mol. The topological polar surface area (TPSA) is 82.3 Å². The number of carbonyl (C=O) groups excluding carboxylic acids is 1. The zero-order chi connectivity index (χ0) is 22.2. The summed E-state index contributed by atoms with van der Waals surface area (Å²) < 4.78 is 23.5. The average Bonchev–Trinajstić information content (AvgIpc) is 3.18. The van der Waals surface area contributed by atoms with Crippen LogP contribution in [0.2, 0.25) is 0 Å². The Morgan fingerprint density at radius 2 is 1.94 bits per heavy atom. The lowest BCUT2D eigenvalue weighted by Gasteiger charge is -2.14. The van der Waals surface area contributed by atoms with E-state index in [-0.39, 0.29) is 11.7 Å². The van der Waals surface area contributed by atoms with E-state index in [1.165, 1.54) is 35.9 Å². The summed E-state index contributed by atoms with van der Waals surface area (Å²) >= 11 is 0. The summed E-state index contributed by atoms with van der Waals surface area (Å²) in [6.07, 6.45) is 9.78. The minimum atomic E-state index is -3.15. The number of aryl methyl sites for hydroxylation is 1. The van der Waals surface area contributed by atoms with E-state index in [0.29, 0.717) is 11.1 Å². The third-order valence-corrected chi connectivity index (χ3v) is 6.92. The van der Waals surface area contributed by atoms with E-state index in [1.54, 1.807) is 12.1 Å². The quantitative estimate of drug-likeness (QED) is 0.645. The lowest BCUT2D eigenvalue weighted by Crippen LogP contribution is -2.14. The van der Waals surface area contributed by atoms with Gasteiger partial charge in [-0.25, -0.2) is 8.42 Å². The van der Waals surface area contributed by atoms with Gasteiger partial charge in [-0.15, -0.1) is 0 Å². The van der Waals surface area contributed by atoms with Gasteiger partial charge in [0.2, 0.25) is 0 Å². The molecule has 31 heavy (non-hydrogen) atoms. The van der Waals surface area contributed by atoms with E-state index >= 15 is 0 Å². The Morgan fingerprint density at radius 1 is 1.16 bits per heavy atom. The molecule has 1 aliphatic heterocycles. The lowest BCUT2D eigenvalue weighted by molar-refractivity contribution is -0.110. The van der Waals surface area contributed by atoms with Crippen molar-refractivity contribution in [3.8, 4) is 0 Å². The zero-order valence-corrected chi connectivity index (χ0v) is 19.4. The summed E-state index contributed by atoms with van der Waals surface area (Å²) in [5, 5.41) is 2.92. The first kappa shape index (κ1) is 21.8. The van der Waals surface area contributed by atoms with Gasteiger partial charge in [-0.1, -0.05) is 6.07 Å². The van der Waals surface area contributed by atoms with Gasteiger partial charge in [0.05, 0.1) is 11.3 Å². The van der Waals surface area contributed by atoms with Crippen molar-refractivity contribution in [3.05, 3.63) is 51.8 Å². The first-order chi connectivity index (χ1) is 14.7. The Labute approximate surface area is 184 Å². The summed E-state index contributed by atoms with van der Waals surface area (Å²) in [5.41, 5.74) is 7.90. The Hall–Kier alpha value is -2.38. The molecule has 0 radical (unpaired) electrons. The molecule has 0 saturated heterocycles. The molecule has 2 aromatic rings. The highest BCUT2D eigenvalue weighted by molar-refractivity contribution is 7.89. The molecule has 0 bridgehead atoms. The monoisotopic (exact) mass is 441 g/mol. The van der Waals surface area contributed by atoms with E-state index in [9.17, 15) is 13.2 Å². The van der Waals surface area contributed by atoms with Crippen LogP contribution in [0.25, 0.3) is 11.6 Å². The summed E-state index contributed by atoms with van der Waals surface area (Å²) in [4.78, 5) is 18.6. The van der Waals surface area contributed by atoms with Crippen molar-refractivity contribution >= 4 is 33.1 Å². The summed E-state index contributed by atoms with van der Waals surface area (Å²) in [6, 6.07) is 5.39. The number of benzene rings is 1. The molecule has 0 spiro atoms. The SMILES string of the molecule is CN(C)CCCc1c(C=C2C(=O)Nc3ccc(CS(C)(=O)=O)cc32)[nH]c2c1CCCC2. The third-order valence-electron chi connectivity index (χ3n) is 6.06. The van der Waals surface area contributed by atoms with Crippen LogP contribution in [-0.2, 0) is 39.6 Å². The largest absolute Gasteiger partial charge is 0.358 e. The molecule has 2 N–H and O–H groups in total. The second-order valence-electron chi connectivity index (χ2n) is 9.05. The number of nitrogens with one attached hydrogen (secondary N) is 2. The van der Waals surface area contributed by atoms with E-state index in [2.05, 4.69) is 29.3 Å². The number of rotatable bonds is 7. The van der Waals surface area contributed by atoms with Crippen molar-refractivity contribution in [2.75, 3.05) is 32.2 Å². The number of aromatic nitrogens is 1. The van der Waals surface area contributed by atoms with Gasteiger partial charge in [0.25, 0.3) is 5.91 Å². The Bertz CT molecular complexity index is 1140. The van der Waals surface area contributed by atoms with Crippen LogP contribution in [0, 0.1) is 0 Å². The van der Waals surface area contributed by atoms with Crippen molar-refractivity contribution in [1.29, 1.82) is 0 Å². The van der Waals surface area contributed by atoms with Crippen LogP contribution in [0.15, 0.2) is 18.2 Å². The Kier molecular flexibility index (Phi) is 6.08. The molecule has 0 fully saturated rings. The van der Waals surface area contributed by atoms with Crippen LogP contribution in [0.5, 0.6) is 0 Å². The number of carbonyl (C=O) groups is 1. The number of aromatic amines is 1. The maximum absolute atomic E-state index is 12.8. The summed E-state index contributed by atoms with van der Waals surface area (Å²) in [6.45, 7) is 1.02. The number of anilines is 1. The fourth-order valence-electron chi connectivity index (χ4n) is 4.67. The highest BCUT2D eigenvalue weighted by Crippen LogP contribution is 2.36. The lowest BCUT2D eigenvalue weighted by atomic mass is 9.92. The van der Waals surface area contributed by atoms with Crippen molar-refractivity contribution < 1.29 is 13.2 Å². The first-order valence-corrected chi connectivity index (χ1v) is 13.0. The van der Waals surface area contributed by atoms with Gasteiger partial charge in [0.1, 0.15) is 0 Å². The van der Waals surface area contributed by atoms with Gasteiger partial charge in [0.15, 0.2) is 9.84 Å². The molecule has 0 saturated carbocycles. The number of hydrogen-bond donors (Lipinski definition) is 2. The van der Waals surface area contributed by atoms with Crippen LogP contribution in [0.3, 0.4) is 0 Å². The van der Waals surface area contributed by atoms with Crippen LogP contribution < -0.4 is 5.32 Å². The van der Waals surface area contributed by atoms with Gasteiger partial charge in [0, 0.05) is 28.9 Å². The van der Waals surface area contributed by atoms with Gasteiger partial charge >= 0.3 is 0 Å². The molecule has 1 aromatic carbocycles. The third kappa shape index (κ3) is 4.93. The maximum Gasteiger partial charge on any atom is 0.256 e.